The Balaban J connectivity index is 2.15. The third-order valence-corrected chi connectivity index (χ3v) is 3.31. The van der Waals surface area contributed by atoms with Crippen LogP contribution < -0.4 is 10.2 Å². The standard InChI is InChI=1S/C15H20N2O3/c1-3-20-10-15(19)16-13-7-6-12-5-4-8-17(11(2)18)14(12)9-13/h6-7,9H,3-5,8,10H2,1-2H3,(H,16,19). The van der Waals surface area contributed by atoms with Gasteiger partial charge in [-0.05, 0) is 37.5 Å². The van der Waals surface area contributed by atoms with Gasteiger partial charge in [-0.2, -0.15) is 0 Å². The highest BCUT2D eigenvalue weighted by atomic mass is 16.5. The Labute approximate surface area is 118 Å². The number of aryl methyl sites for hydroxylation is 1. The number of ether oxygens (including phenoxy) is 1. The van der Waals surface area contributed by atoms with E-state index in [1.165, 1.54) is 0 Å². The second-order valence-electron chi connectivity index (χ2n) is 4.80. The monoisotopic (exact) mass is 276 g/mol. The molecule has 0 fully saturated rings. The van der Waals surface area contributed by atoms with Gasteiger partial charge < -0.3 is 15.0 Å². The highest BCUT2D eigenvalue weighted by Crippen LogP contribution is 2.30. The van der Waals surface area contributed by atoms with E-state index in [2.05, 4.69) is 5.32 Å². The average Bonchev–Trinajstić information content (AvgIpc) is 2.44. The van der Waals surface area contributed by atoms with Gasteiger partial charge in [0.25, 0.3) is 0 Å². The minimum atomic E-state index is -0.183. The van der Waals surface area contributed by atoms with E-state index < -0.39 is 0 Å². The molecule has 5 heteroatoms. The van der Waals surface area contributed by atoms with Crippen LogP contribution >= 0.6 is 0 Å². The molecule has 0 aliphatic carbocycles. The second kappa shape index (κ2) is 6.52. The summed E-state index contributed by atoms with van der Waals surface area (Å²) in [7, 11) is 0. The van der Waals surface area contributed by atoms with Gasteiger partial charge in [-0.1, -0.05) is 6.07 Å². The van der Waals surface area contributed by atoms with E-state index in [4.69, 9.17) is 4.74 Å². The topological polar surface area (TPSA) is 58.6 Å². The molecular weight excluding hydrogens is 256 g/mol. The zero-order valence-electron chi connectivity index (χ0n) is 11.9. The van der Waals surface area contributed by atoms with Crippen LogP contribution in [-0.4, -0.2) is 31.6 Å². The van der Waals surface area contributed by atoms with Gasteiger partial charge in [0.15, 0.2) is 0 Å². The summed E-state index contributed by atoms with van der Waals surface area (Å²) in [6, 6.07) is 5.70. The van der Waals surface area contributed by atoms with E-state index in [1.807, 2.05) is 25.1 Å². The molecule has 1 aliphatic rings. The molecule has 108 valence electrons. The molecule has 0 saturated heterocycles. The third kappa shape index (κ3) is 3.36. The minimum absolute atomic E-state index is 0.0312. The first-order chi connectivity index (χ1) is 9.61. The van der Waals surface area contributed by atoms with Gasteiger partial charge in [-0.3, -0.25) is 9.59 Å². The summed E-state index contributed by atoms with van der Waals surface area (Å²) in [4.78, 5) is 25.1. The molecule has 0 bridgehead atoms. The molecule has 1 aromatic carbocycles. The van der Waals surface area contributed by atoms with E-state index in [9.17, 15) is 9.59 Å². The molecular formula is C15H20N2O3. The van der Waals surface area contributed by atoms with Crippen LogP contribution in [-0.2, 0) is 20.7 Å². The summed E-state index contributed by atoms with van der Waals surface area (Å²) in [5.41, 5.74) is 2.74. The van der Waals surface area contributed by atoms with E-state index >= 15 is 0 Å². The fourth-order valence-electron chi connectivity index (χ4n) is 2.37. The van der Waals surface area contributed by atoms with Crippen molar-refractivity contribution in [1.29, 1.82) is 0 Å². The van der Waals surface area contributed by atoms with E-state index in [1.54, 1.807) is 11.8 Å². The Morgan fingerprint density at radius 1 is 1.40 bits per heavy atom. The van der Waals surface area contributed by atoms with Gasteiger partial charge in [0.2, 0.25) is 11.8 Å². The number of hydrogen-bond acceptors (Lipinski definition) is 3. The van der Waals surface area contributed by atoms with Crippen molar-refractivity contribution in [2.45, 2.75) is 26.7 Å². The molecule has 1 aromatic rings. The number of carbonyl (C=O) groups excluding carboxylic acids is 2. The highest BCUT2D eigenvalue weighted by Gasteiger charge is 2.20. The van der Waals surface area contributed by atoms with Gasteiger partial charge in [0, 0.05) is 31.5 Å². The number of hydrogen-bond donors (Lipinski definition) is 1. The van der Waals surface area contributed by atoms with Crippen molar-refractivity contribution in [2.75, 3.05) is 30.0 Å². The molecule has 20 heavy (non-hydrogen) atoms. The lowest BCUT2D eigenvalue weighted by Gasteiger charge is -2.29. The first kappa shape index (κ1) is 14.5. The summed E-state index contributed by atoms with van der Waals surface area (Å²) < 4.78 is 5.06. The van der Waals surface area contributed by atoms with Gasteiger partial charge in [-0.25, -0.2) is 0 Å². The maximum absolute atomic E-state index is 11.7. The number of nitrogens with one attached hydrogen (secondary N) is 1. The van der Waals surface area contributed by atoms with Gasteiger partial charge in [0.1, 0.15) is 6.61 Å². The van der Waals surface area contributed by atoms with Crippen molar-refractivity contribution in [1.82, 2.24) is 0 Å². The number of anilines is 2. The summed E-state index contributed by atoms with van der Waals surface area (Å²) in [6.45, 7) is 4.70. The molecule has 1 aliphatic heterocycles. The van der Waals surface area contributed by atoms with Crippen LogP contribution in [0.5, 0.6) is 0 Å². The molecule has 5 nitrogen and oxygen atoms in total. The number of rotatable bonds is 4. The predicted molar refractivity (Wildman–Crippen MR) is 77.9 cm³/mol. The maximum atomic E-state index is 11.7. The fraction of sp³-hybridized carbons (Fsp3) is 0.467. The fourth-order valence-corrected chi connectivity index (χ4v) is 2.37. The van der Waals surface area contributed by atoms with Crippen LogP contribution in [0.25, 0.3) is 0 Å². The van der Waals surface area contributed by atoms with Crippen LogP contribution in [0.3, 0.4) is 0 Å². The Morgan fingerprint density at radius 2 is 2.20 bits per heavy atom. The average molecular weight is 276 g/mol. The van der Waals surface area contributed by atoms with Crippen molar-refractivity contribution >= 4 is 23.2 Å². The normalized spacial score (nSPS) is 13.8. The number of carbonyl (C=O) groups is 2. The predicted octanol–water partition coefficient (Wildman–Crippen LogP) is 1.96. The van der Waals surface area contributed by atoms with Crippen LogP contribution in [0, 0.1) is 0 Å². The smallest absolute Gasteiger partial charge is 0.250 e. The summed E-state index contributed by atoms with van der Waals surface area (Å²) >= 11 is 0. The maximum Gasteiger partial charge on any atom is 0.250 e. The summed E-state index contributed by atoms with van der Waals surface area (Å²) in [5.74, 6) is -0.152. The lowest BCUT2D eigenvalue weighted by atomic mass is 10.0. The summed E-state index contributed by atoms with van der Waals surface area (Å²) in [5, 5.41) is 2.78. The Hall–Kier alpha value is -1.88. The Morgan fingerprint density at radius 3 is 2.90 bits per heavy atom. The molecule has 0 saturated carbocycles. The Bertz CT molecular complexity index is 514. The molecule has 0 unspecified atom stereocenters. The molecule has 0 atom stereocenters. The van der Waals surface area contributed by atoms with Crippen LogP contribution in [0.4, 0.5) is 11.4 Å². The van der Waals surface area contributed by atoms with Gasteiger partial charge in [-0.15, -0.1) is 0 Å². The van der Waals surface area contributed by atoms with Gasteiger partial charge >= 0.3 is 0 Å². The van der Waals surface area contributed by atoms with Crippen molar-refractivity contribution in [3.63, 3.8) is 0 Å². The first-order valence-electron chi connectivity index (χ1n) is 6.90. The van der Waals surface area contributed by atoms with Gasteiger partial charge in [0.05, 0.1) is 0 Å². The van der Waals surface area contributed by atoms with Crippen LogP contribution in [0.1, 0.15) is 25.8 Å². The minimum Gasteiger partial charge on any atom is -0.372 e. The molecule has 0 radical (unpaired) electrons. The van der Waals surface area contributed by atoms with Crippen LogP contribution in [0.15, 0.2) is 18.2 Å². The third-order valence-electron chi connectivity index (χ3n) is 3.31. The quantitative estimate of drug-likeness (QED) is 0.914. The summed E-state index contributed by atoms with van der Waals surface area (Å²) in [6.07, 6.45) is 1.94. The SMILES string of the molecule is CCOCC(=O)Nc1ccc2c(c1)N(C(C)=O)CCC2. The first-order valence-corrected chi connectivity index (χ1v) is 6.90. The molecule has 0 spiro atoms. The zero-order valence-corrected chi connectivity index (χ0v) is 11.9. The lowest BCUT2D eigenvalue weighted by Crippen LogP contribution is -2.33. The number of benzene rings is 1. The van der Waals surface area contributed by atoms with Crippen LogP contribution in [0.2, 0.25) is 0 Å². The zero-order chi connectivity index (χ0) is 14.5. The lowest BCUT2D eigenvalue weighted by molar-refractivity contribution is -0.120. The van der Waals surface area contributed by atoms with Crippen molar-refractivity contribution in [2.24, 2.45) is 0 Å². The molecule has 2 rings (SSSR count). The Kier molecular flexibility index (Phi) is 4.74. The molecule has 0 aromatic heterocycles. The molecule has 1 heterocycles. The second-order valence-corrected chi connectivity index (χ2v) is 4.80. The largest absolute Gasteiger partial charge is 0.372 e. The van der Waals surface area contributed by atoms with Crippen molar-refractivity contribution < 1.29 is 14.3 Å². The van der Waals surface area contributed by atoms with Crippen molar-refractivity contribution in [3.05, 3.63) is 23.8 Å². The van der Waals surface area contributed by atoms with E-state index in [-0.39, 0.29) is 18.4 Å². The van der Waals surface area contributed by atoms with E-state index in [0.717, 1.165) is 30.6 Å². The molecule has 1 N–H and O–H groups in total. The number of amides is 2. The molecule has 2 amide bonds. The highest BCUT2D eigenvalue weighted by molar-refractivity contribution is 5.96. The van der Waals surface area contributed by atoms with Crippen molar-refractivity contribution in [3.8, 4) is 0 Å². The number of fused-ring (bicyclic) bond motifs is 1. The number of nitrogens with zero attached hydrogens (tertiary/aromatic N) is 1. The van der Waals surface area contributed by atoms with E-state index in [0.29, 0.717) is 12.3 Å².